The molecular weight excluding hydrogens is 266 g/mol. The van der Waals surface area contributed by atoms with Crippen LogP contribution in [0.25, 0.3) is 0 Å². The van der Waals surface area contributed by atoms with Crippen LogP contribution in [0.3, 0.4) is 0 Å². The first-order valence-electron chi connectivity index (χ1n) is 5.62. The van der Waals surface area contributed by atoms with Crippen molar-refractivity contribution in [2.45, 2.75) is 31.3 Å². The smallest absolute Gasteiger partial charge is 0.422 e. The maximum Gasteiger partial charge on any atom is 0.422 e. The summed E-state index contributed by atoms with van der Waals surface area (Å²) in [6.07, 6.45) is 0.371. The van der Waals surface area contributed by atoms with Crippen molar-refractivity contribution < 1.29 is 17.9 Å². The van der Waals surface area contributed by atoms with Crippen LogP contribution in [0.2, 0.25) is 0 Å². The van der Waals surface area contributed by atoms with Crippen LogP contribution in [0.4, 0.5) is 4.79 Å². The molecule has 0 spiro atoms. The molecule has 1 aromatic rings. The summed E-state index contributed by atoms with van der Waals surface area (Å²) in [6, 6.07) is 6.13. The number of sulfonamides is 1. The summed E-state index contributed by atoms with van der Waals surface area (Å²) >= 11 is 0. The molecule has 0 aliphatic rings. The van der Waals surface area contributed by atoms with E-state index in [4.69, 9.17) is 4.74 Å². The van der Waals surface area contributed by atoms with Gasteiger partial charge in [-0.25, -0.2) is 17.9 Å². The standard InChI is InChI=1S/C13H17NO4S/c1-5-13(3,4)18-12(15)14-19(16,17)11-8-6-10(2)7-9-11/h5-9H,1H2,2-4H3,(H,14,15). The highest BCUT2D eigenvalue weighted by atomic mass is 32.2. The molecule has 0 aliphatic heterocycles. The van der Waals surface area contributed by atoms with E-state index in [1.807, 2.05) is 11.6 Å². The zero-order valence-electron chi connectivity index (χ0n) is 11.1. The van der Waals surface area contributed by atoms with Gasteiger partial charge in [0, 0.05) is 0 Å². The van der Waals surface area contributed by atoms with Gasteiger partial charge in [-0.3, -0.25) is 0 Å². The van der Waals surface area contributed by atoms with Crippen molar-refractivity contribution in [1.29, 1.82) is 0 Å². The van der Waals surface area contributed by atoms with Gasteiger partial charge in [-0.1, -0.05) is 24.3 Å². The molecule has 5 nitrogen and oxygen atoms in total. The third-order valence-electron chi connectivity index (χ3n) is 2.40. The quantitative estimate of drug-likeness (QED) is 0.861. The number of hydrogen-bond donors (Lipinski definition) is 1. The maximum atomic E-state index is 11.9. The second-order valence-corrected chi connectivity index (χ2v) is 6.30. The summed E-state index contributed by atoms with van der Waals surface area (Å²) in [6.45, 7) is 8.52. The molecule has 0 atom stereocenters. The Bertz CT molecular complexity index is 573. The Balaban J connectivity index is 2.83. The normalized spacial score (nSPS) is 11.7. The van der Waals surface area contributed by atoms with Crippen molar-refractivity contribution in [1.82, 2.24) is 4.72 Å². The Morgan fingerprint density at radius 2 is 1.84 bits per heavy atom. The van der Waals surface area contributed by atoms with Crippen molar-refractivity contribution in [3.63, 3.8) is 0 Å². The molecule has 0 aromatic heterocycles. The fraction of sp³-hybridized carbons (Fsp3) is 0.308. The predicted octanol–water partition coefficient (Wildman–Crippen LogP) is 2.37. The van der Waals surface area contributed by atoms with Gasteiger partial charge in [0.2, 0.25) is 0 Å². The lowest BCUT2D eigenvalue weighted by Gasteiger charge is -2.20. The van der Waals surface area contributed by atoms with Crippen LogP contribution < -0.4 is 4.72 Å². The molecule has 0 bridgehead atoms. The summed E-state index contributed by atoms with van der Waals surface area (Å²) in [5.74, 6) is 0. The van der Waals surface area contributed by atoms with E-state index < -0.39 is 21.7 Å². The Kier molecular flexibility index (Phi) is 4.36. The number of amides is 1. The minimum absolute atomic E-state index is 0.00598. The van der Waals surface area contributed by atoms with Crippen LogP contribution in [0, 0.1) is 6.92 Å². The van der Waals surface area contributed by atoms with Gasteiger partial charge in [-0.05, 0) is 39.0 Å². The molecule has 1 aromatic carbocycles. The summed E-state index contributed by atoms with van der Waals surface area (Å²) in [4.78, 5) is 11.5. The minimum Gasteiger partial charge on any atom is -0.439 e. The summed E-state index contributed by atoms with van der Waals surface area (Å²) in [5, 5.41) is 0. The second-order valence-electron chi connectivity index (χ2n) is 4.62. The summed E-state index contributed by atoms with van der Waals surface area (Å²) in [5.41, 5.74) is -0.0123. The monoisotopic (exact) mass is 283 g/mol. The fourth-order valence-corrected chi connectivity index (χ4v) is 2.06. The van der Waals surface area contributed by atoms with Crippen molar-refractivity contribution in [2.24, 2.45) is 0 Å². The van der Waals surface area contributed by atoms with Crippen molar-refractivity contribution in [2.75, 3.05) is 0 Å². The van der Waals surface area contributed by atoms with Gasteiger partial charge in [0.25, 0.3) is 10.0 Å². The Hall–Kier alpha value is -1.82. The first-order chi connectivity index (χ1) is 8.66. The minimum atomic E-state index is -3.92. The molecule has 0 fully saturated rings. The van der Waals surface area contributed by atoms with Gasteiger partial charge >= 0.3 is 6.09 Å². The van der Waals surface area contributed by atoms with E-state index in [9.17, 15) is 13.2 Å². The first-order valence-corrected chi connectivity index (χ1v) is 7.11. The summed E-state index contributed by atoms with van der Waals surface area (Å²) < 4.78 is 30.5. The van der Waals surface area contributed by atoms with Crippen LogP contribution in [-0.2, 0) is 14.8 Å². The van der Waals surface area contributed by atoms with Gasteiger partial charge in [-0.15, -0.1) is 0 Å². The van der Waals surface area contributed by atoms with E-state index >= 15 is 0 Å². The molecule has 0 radical (unpaired) electrons. The van der Waals surface area contributed by atoms with E-state index in [1.165, 1.54) is 18.2 Å². The zero-order valence-corrected chi connectivity index (χ0v) is 12.0. The van der Waals surface area contributed by atoms with Crippen molar-refractivity contribution in [3.05, 3.63) is 42.5 Å². The lowest BCUT2D eigenvalue weighted by atomic mass is 10.1. The van der Waals surface area contributed by atoms with E-state index in [0.717, 1.165) is 5.56 Å². The maximum absolute atomic E-state index is 11.9. The molecule has 1 rings (SSSR count). The molecule has 104 valence electrons. The van der Waals surface area contributed by atoms with E-state index in [2.05, 4.69) is 6.58 Å². The Morgan fingerprint density at radius 1 is 1.32 bits per heavy atom. The SMILES string of the molecule is C=CC(C)(C)OC(=O)NS(=O)(=O)c1ccc(C)cc1. The van der Waals surface area contributed by atoms with Crippen LogP contribution in [0.15, 0.2) is 41.8 Å². The number of carbonyl (C=O) groups is 1. The van der Waals surface area contributed by atoms with Gasteiger partial charge in [0.15, 0.2) is 0 Å². The van der Waals surface area contributed by atoms with Crippen molar-refractivity contribution in [3.8, 4) is 0 Å². The van der Waals surface area contributed by atoms with Gasteiger partial charge in [0.05, 0.1) is 4.90 Å². The number of carbonyl (C=O) groups excluding carboxylic acids is 1. The lowest BCUT2D eigenvalue weighted by Crippen LogP contribution is -2.36. The average Bonchev–Trinajstić information content (AvgIpc) is 2.28. The molecule has 6 heteroatoms. The highest BCUT2D eigenvalue weighted by Gasteiger charge is 2.23. The molecule has 1 amide bonds. The highest BCUT2D eigenvalue weighted by molar-refractivity contribution is 7.90. The Morgan fingerprint density at radius 3 is 2.32 bits per heavy atom. The third-order valence-corrected chi connectivity index (χ3v) is 3.72. The van der Waals surface area contributed by atoms with E-state index in [-0.39, 0.29) is 4.90 Å². The third kappa shape index (κ3) is 4.40. The highest BCUT2D eigenvalue weighted by Crippen LogP contribution is 2.13. The second kappa shape index (κ2) is 5.44. The molecule has 0 saturated heterocycles. The van der Waals surface area contributed by atoms with Crippen LogP contribution in [0.1, 0.15) is 19.4 Å². The molecule has 1 N–H and O–H groups in total. The molecular formula is C13H17NO4S. The number of rotatable bonds is 4. The molecule has 0 aliphatic carbocycles. The van der Waals surface area contributed by atoms with Crippen LogP contribution >= 0.6 is 0 Å². The van der Waals surface area contributed by atoms with Crippen LogP contribution in [-0.4, -0.2) is 20.1 Å². The molecule has 0 saturated carbocycles. The zero-order chi connectivity index (χ0) is 14.7. The topological polar surface area (TPSA) is 72.5 Å². The first kappa shape index (κ1) is 15.2. The average molecular weight is 283 g/mol. The van der Waals surface area contributed by atoms with E-state index in [1.54, 1.807) is 26.0 Å². The van der Waals surface area contributed by atoms with Crippen LogP contribution in [0.5, 0.6) is 0 Å². The number of nitrogens with one attached hydrogen (secondary N) is 1. The largest absolute Gasteiger partial charge is 0.439 e. The molecule has 19 heavy (non-hydrogen) atoms. The molecule has 0 unspecified atom stereocenters. The Labute approximate surface area is 113 Å². The van der Waals surface area contributed by atoms with Gasteiger partial charge < -0.3 is 4.74 Å². The summed E-state index contributed by atoms with van der Waals surface area (Å²) in [7, 11) is -3.92. The van der Waals surface area contributed by atoms with Gasteiger partial charge in [-0.2, -0.15) is 0 Å². The number of benzene rings is 1. The number of ether oxygens (including phenoxy) is 1. The van der Waals surface area contributed by atoms with Gasteiger partial charge in [0.1, 0.15) is 5.60 Å². The lowest BCUT2D eigenvalue weighted by molar-refractivity contribution is 0.0771. The predicted molar refractivity (Wildman–Crippen MR) is 72.3 cm³/mol. The van der Waals surface area contributed by atoms with E-state index in [0.29, 0.717) is 0 Å². The number of hydrogen-bond acceptors (Lipinski definition) is 4. The van der Waals surface area contributed by atoms with Crippen molar-refractivity contribution >= 4 is 16.1 Å². The number of aryl methyl sites for hydroxylation is 1. The molecule has 0 heterocycles. The fourth-order valence-electron chi connectivity index (χ4n) is 1.19.